The average Bonchev–Trinajstić information content (AvgIpc) is 3.22. The molecule has 0 aliphatic rings. The summed E-state index contributed by atoms with van der Waals surface area (Å²) in [4.78, 5) is 16.4. The molecule has 0 unspecified atom stereocenters. The van der Waals surface area contributed by atoms with E-state index in [0.29, 0.717) is 6.54 Å². The normalized spacial score (nSPS) is 11.6. The molecule has 29 heavy (non-hydrogen) atoms. The molecule has 152 valence electrons. The number of aryl methyl sites for hydroxylation is 1. The fraction of sp³-hybridized carbons (Fsp3) is 0.238. The Morgan fingerprint density at radius 3 is 2.31 bits per heavy atom. The Morgan fingerprint density at radius 2 is 1.72 bits per heavy atom. The van der Waals surface area contributed by atoms with Gasteiger partial charge in [-0.05, 0) is 30.2 Å². The molecule has 0 aliphatic carbocycles. The number of sulfonamides is 1. The molecule has 0 radical (unpaired) electrons. The van der Waals surface area contributed by atoms with Crippen LogP contribution >= 0.6 is 0 Å². The fourth-order valence-electron chi connectivity index (χ4n) is 2.80. The first kappa shape index (κ1) is 20.8. The van der Waals surface area contributed by atoms with Crippen LogP contribution in [0.25, 0.3) is 5.69 Å². The van der Waals surface area contributed by atoms with Gasteiger partial charge >= 0.3 is 0 Å². The number of hydrogen-bond donors (Lipinski definition) is 1. The average molecular weight is 413 g/mol. The van der Waals surface area contributed by atoms with Crippen LogP contribution in [-0.2, 0) is 27.9 Å². The summed E-state index contributed by atoms with van der Waals surface area (Å²) in [7, 11) is -3.52. The van der Waals surface area contributed by atoms with Crippen LogP contribution in [0.5, 0.6) is 0 Å². The fourth-order valence-corrected chi connectivity index (χ4v) is 3.54. The van der Waals surface area contributed by atoms with Crippen molar-refractivity contribution < 1.29 is 13.2 Å². The molecule has 1 heterocycles. The third kappa shape index (κ3) is 6.00. The number of rotatable bonds is 8. The molecule has 3 aromatic rings. The van der Waals surface area contributed by atoms with Crippen LogP contribution < -0.4 is 5.32 Å². The Kier molecular flexibility index (Phi) is 6.46. The minimum absolute atomic E-state index is 0.159. The molecule has 0 atom stereocenters. The Hall–Kier alpha value is -2.97. The van der Waals surface area contributed by atoms with Gasteiger partial charge in [-0.2, -0.15) is 4.31 Å². The van der Waals surface area contributed by atoms with Gasteiger partial charge in [-0.1, -0.05) is 42.0 Å². The first-order valence-electron chi connectivity index (χ1n) is 9.16. The van der Waals surface area contributed by atoms with Gasteiger partial charge in [0, 0.05) is 31.2 Å². The lowest BCUT2D eigenvalue weighted by Crippen LogP contribution is -2.39. The van der Waals surface area contributed by atoms with E-state index < -0.39 is 10.0 Å². The van der Waals surface area contributed by atoms with Crippen molar-refractivity contribution >= 4 is 15.9 Å². The molecule has 3 rings (SSSR count). The second kappa shape index (κ2) is 9.02. The van der Waals surface area contributed by atoms with Crippen molar-refractivity contribution in [1.82, 2.24) is 19.2 Å². The van der Waals surface area contributed by atoms with Gasteiger partial charge in [0.25, 0.3) is 0 Å². The zero-order chi connectivity index (χ0) is 20.9. The van der Waals surface area contributed by atoms with Crippen molar-refractivity contribution in [2.45, 2.75) is 20.0 Å². The zero-order valence-corrected chi connectivity index (χ0v) is 17.3. The Morgan fingerprint density at radius 1 is 1.07 bits per heavy atom. The summed E-state index contributed by atoms with van der Waals surface area (Å²) in [6.07, 6.45) is 6.39. The van der Waals surface area contributed by atoms with E-state index in [9.17, 15) is 13.2 Å². The largest absolute Gasteiger partial charge is 0.351 e. The lowest BCUT2D eigenvalue weighted by atomic mass is 10.1. The molecule has 0 saturated carbocycles. The number of imidazole rings is 1. The van der Waals surface area contributed by atoms with Crippen LogP contribution in [0, 0.1) is 6.92 Å². The Bertz CT molecular complexity index is 1040. The minimum Gasteiger partial charge on any atom is -0.351 e. The molecule has 2 aromatic carbocycles. The highest BCUT2D eigenvalue weighted by molar-refractivity contribution is 7.88. The summed E-state index contributed by atoms with van der Waals surface area (Å²) in [6, 6.07) is 15.3. The number of carbonyl (C=O) groups is 1. The molecule has 0 saturated heterocycles. The van der Waals surface area contributed by atoms with Gasteiger partial charge in [0.1, 0.15) is 0 Å². The van der Waals surface area contributed by atoms with Crippen molar-refractivity contribution in [2.75, 3.05) is 12.8 Å². The summed E-state index contributed by atoms with van der Waals surface area (Å²) in [5, 5.41) is 2.79. The van der Waals surface area contributed by atoms with Gasteiger partial charge in [0.15, 0.2) is 0 Å². The maximum absolute atomic E-state index is 12.3. The van der Waals surface area contributed by atoms with E-state index >= 15 is 0 Å². The molecule has 0 spiro atoms. The third-order valence-corrected chi connectivity index (χ3v) is 5.69. The van der Waals surface area contributed by atoms with Crippen molar-refractivity contribution in [1.29, 1.82) is 0 Å². The summed E-state index contributed by atoms with van der Waals surface area (Å²) in [5.74, 6) is -0.346. The standard InChI is InChI=1S/C21H24N4O3S/c1-17-3-5-19(6-4-17)14-25(29(2,27)28)15-21(26)23-13-18-7-9-20(10-8-18)24-12-11-22-16-24/h3-12,16H,13-15H2,1-2H3,(H,23,26). The van der Waals surface area contributed by atoms with Gasteiger partial charge in [-0.3, -0.25) is 4.79 Å². The van der Waals surface area contributed by atoms with Crippen LogP contribution in [0.4, 0.5) is 0 Å². The number of nitrogens with one attached hydrogen (secondary N) is 1. The number of benzene rings is 2. The number of aromatic nitrogens is 2. The van der Waals surface area contributed by atoms with E-state index in [2.05, 4.69) is 10.3 Å². The first-order valence-corrected chi connectivity index (χ1v) is 11.0. The molecule has 8 heteroatoms. The summed E-state index contributed by atoms with van der Waals surface area (Å²) in [5.41, 5.74) is 3.82. The van der Waals surface area contributed by atoms with Crippen LogP contribution in [0.15, 0.2) is 67.3 Å². The van der Waals surface area contributed by atoms with Gasteiger partial charge in [0.05, 0.1) is 19.1 Å². The smallest absolute Gasteiger partial charge is 0.235 e. The van der Waals surface area contributed by atoms with Gasteiger partial charge in [-0.25, -0.2) is 13.4 Å². The van der Waals surface area contributed by atoms with E-state index in [4.69, 9.17) is 0 Å². The molecular formula is C21H24N4O3S. The molecule has 1 N–H and O–H groups in total. The SMILES string of the molecule is Cc1ccc(CN(CC(=O)NCc2ccc(-n3ccnc3)cc2)S(C)(=O)=O)cc1. The van der Waals surface area contributed by atoms with Crippen molar-refractivity contribution in [3.05, 3.63) is 83.9 Å². The van der Waals surface area contributed by atoms with Crippen molar-refractivity contribution in [3.8, 4) is 5.69 Å². The topological polar surface area (TPSA) is 84.3 Å². The van der Waals surface area contributed by atoms with E-state index in [1.807, 2.05) is 66.2 Å². The summed E-state index contributed by atoms with van der Waals surface area (Å²) < 4.78 is 27.3. The van der Waals surface area contributed by atoms with Crippen molar-refractivity contribution in [2.24, 2.45) is 0 Å². The molecule has 0 fully saturated rings. The third-order valence-electron chi connectivity index (χ3n) is 4.50. The zero-order valence-electron chi connectivity index (χ0n) is 16.4. The van der Waals surface area contributed by atoms with E-state index in [-0.39, 0.29) is 19.0 Å². The molecule has 0 aliphatic heterocycles. The predicted octanol–water partition coefficient (Wildman–Crippen LogP) is 2.26. The molecular weight excluding hydrogens is 388 g/mol. The van der Waals surface area contributed by atoms with Gasteiger partial charge < -0.3 is 9.88 Å². The second-order valence-corrected chi connectivity index (χ2v) is 8.91. The highest BCUT2D eigenvalue weighted by Gasteiger charge is 2.20. The van der Waals surface area contributed by atoms with E-state index in [0.717, 1.165) is 28.6 Å². The Balaban J connectivity index is 1.57. The first-order chi connectivity index (χ1) is 13.8. The van der Waals surface area contributed by atoms with E-state index in [1.165, 1.54) is 4.31 Å². The quantitative estimate of drug-likeness (QED) is 0.615. The summed E-state index contributed by atoms with van der Waals surface area (Å²) >= 11 is 0. The number of carbonyl (C=O) groups excluding carboxylic acids is 1. The predicted molar refractivity (Wildman–Crippen MR) is 112 cm³/mol. The van der Waals surface area contributed by atoms with Crippen LogP contribution in [-0.4, -0.2) is 41.0 Å². The molecule has 1 aromatic heterocycles. The van der Waals surface area contributed by atoms with Gasteiger partial charge in [-0.15, -0.1) is 0 Å². The van der Waals surface area contributed by atoms with Crippen molar-refractivity contribution in [3.63, 3.8) is 0 Å². The lowest BCUT2D eigenvalue weighted by molar-refractivity contribution is -0.121. The maximum atomic E-state index is 12.3. The number of amides is 1. The van der Waals surface area contributed by atoms with Crippen LogP contribution in [0.3, 0.4) is 0 Å². The maximum Gasteiger partial charge on any atom is 0.235 e. The number of nitrogens with zero attached hydrogens (tertiary/aromatic N) is 3. The molecule has 1 amide bonds. The highest BCUT2D eigenvalue weighted by Crippen LogP contribution is 2.11. The Labute approximate surface area is 171 Å². The monoisotopic (exact) mass is 412 g/mol. The lowest BCUT2D eigenvalue weighted by Gasteiger charge is -2.19. The molecule has 7 nitrogen and oxygen atoms in total. The molecule has 0 bridgehead atoms. The van der Waals surface area contributed by atoms with Crippen LogP contribution in [0.1, 0.15) is 16.7 Å². The number of hydrogen-bond acceptors (Lipinski definition) is 4. The summed E-state index contributed by atoms with van der Waals surface area (Å²) in [6.45, 7) is 2.23. The second-order valence-electron chi connectivity index (χ2n) is 6.93. The van der Waals surface area contributed by atoms with Crippen LogP contribution in [0.2, 0.25) is 0 Å². The van der Waals surface area contributed by atoms with E-state index in [1.54, 1.807) is 12.5 Å². The minimum atomic E-state index is -3.52. The van der Waals surface area contributed by atoms with Gasteiger partial charge in [0.2, 0.25) is 15.9 Å². The highest BCUT2D eigenvalue weighted by atomic mass is 32.2.